The number of carbonyl (C=O) groups excluding carboxylic acids is 3. The standard InChI is InChI=1S/C48H77N3O16P2/c1-3-5-7-8-9-10-11-12-13-14-15-18-21-24-28-32-43(53)62-36-40(65-44(54)33-29-25-22-19-16-17-20-23-27-31-39(52)30-26-6-4-2)37-63-68(58,59)67-69(60,61)64-38-41-45(55)46(56)47(66-41)51-35-34-42(49)50-48(51)57/h5,7,9-10,12-13,20,23,27,31,34-35,40-41,45-47,55-56H,3-4,6,8,11,14-19,21-22,24-26,28-30,32-33,36-38H2,1-2H3,(H,58,59)(H,60,61)(H2,49,50,57)/b7-5-,10-9-,13-12-,23-20-,31-27+/t40-,41-,45-,46-,47-/m1/s1. The molecule has 2 heterocycles. The van der Waals surface area contributed by atoms with Gasteiger partial charge in [-0.3, -0.25) is 28.0 Å². The smallest absolute Gasteiger partial charge is 0.462 e. The minimum absolute atomic E-state index is 0.00764. The largest absolute Gasteiger partial charge is 0.481 e. The number of ether oxygens (including phenoxy) is 3. The molecule has 0 spiro atoms. The van der Waals surface area contributed by atoms with Crippen LogP contribution in [0.25, 0.3) is 0 Å². The van der Waals surface area contributed by atoms with E-state index in [1.54, 1.807) is 12.2 Å². The predicted molar refractivity (Wildman–Crippen MR) is 261 cm³/mol. The monoisotopic (exact) mass is 1010 g/mol. The first-order valence-corrected chi connectivity index (χ1v) is 27.2. The van der Waals surface area contributed by atoms with Gasteiger partial charge < -0.3 is 39.9 Å². The topological polar surface area (TPSA) is 283 Å². The first-order valence-electron chi connectivity index (χ1n) is 24.3. The zero-order chi connectivity index (χ0) is 50.8. The van der Waals surface area contributed by atoms with Crippen LogP contribution >= 0.6 is 15.6 Å². The van der Waals surface area contributed by atoms with Crippen LogP contribution in [0.3, 0.4) is 0 Å². The molecule has 69 heavy (non-hydrogen) atoms. The molecule has 0 aliphatic carbocycles. The lowest BCUT2D eigenvalue weighted by Crippen LogP contribution is -2.36. The van der Waals surface area contributed by atoms with Crippen molar-refractivity contribution in [1.29, 1.82) is 0 Å². The molecule has 1 saturated heterocycles. The third kappa shape index (κ3) is 29.2. The molecule has 1 aromatic rings. The van der Waals surface area contributed by atoms with Crippen LogP contribution in [0.15, 0.2) is 77.8 Å². The zero-order valence-corrected chi connectivity index (χ0v) is 42.1. The van der Waals surface area contributed by atoms with E-state index in [1.165, 1.54) is 6.07 Å². The van der Waals surface area contributed by atoms with E-state index < -0.39 is 83.7 Å². The molecule has 0 amide bonds. The van der Waals surface area contributed by atoms with Gasteiger partial charge in [0.1, 0.15) is 30.7 Å². The van der Waals surface area contributed by atoms with Gasteiger partial charge in [0.25, 0.3) is 0 Å². The highest BCUT2D eigenvalue weighted by atomic mass is 31.3. The van der Waals surface area contributed by atoms with Crippen LogP contribution < -0.4 is 11.4 Å². The van der Waals surface area contributed by atoms with Gasteiger partial charge in [-0.05, 0) is 76.4 Å². The number of ketones is 1. The summed E-state index contributed by atoms with van der Waals surface area (Å²) in [5.41, 5.74) is 4.57. The molecule has 19 nitrogen and oxygen atoms in total. The fourth-order valence-corrected chi connectivity index (χ4v) is 8.89. The molecule has 0 saturated carbocycles. The van der Waals surface area contributed by atoms with E-state index in [0.717, 1.165) is 113 Å². The number of hydrogen-bond acceptors (Lipinski definition) is 16. The lowest BCUT2D eigenvalue weighted by Gasteiger charge is -2.21. The number of phosphoric acid groups is 2. The van der Waals surface area contributed by atoms with E-state index in [4.69, 9.17) is 29.0 Å². The fourth-order valence-electron chi connectivity index (χ4n) is 6.78. The summed E-state index contributed by atoms with van der Waals surface area (Å²) in [6.07, 6.45) is 30.0. The van der Waals surface area contributed by atoms with Crippen LogP contribution in [0, 0.1) is 0 Å². The van der Waals surface area contributed by atoms with Crippen molar-refractivity contribution in [3.8, 4) is 0 Å². The Morgan fingerprint density at radius 2 is 1.35 bits per heavy atom. The summed E-state index contributed by atoms with van der Waals surface area (Å²) in [6.45, 7) is 1.82. The number of hydrogen-bond donors (Lipinski definition) is 5. The van der Waals surface area contributed by atoms with E-state index in [9.17, 15) is 48.3 Å². The first-order chi connectivity index (χ1) is 33.1. The summed E-state index contributed by atoms with van der Waals surface area (Å²) in [7, 11) is -10.9. The lowest BCUT2D eigenvalue weighted by molar-refractivity contribution is -0.161. The number of nitrogens with two attached hydrogens (primary N) is 1. The molecule has 1 aliphatic rings. The molecule has 1 aromatic heterocycles. The van der Waals surface area contributed by atoms with Gasteiger partial charge in [-0.2, -0.15) is 9.29 Å². The van der Waals surface area contributed by atoms with Crippen LogP contribution in [0.2, 0.25) is 0 Å². The van der Waals surface area contributed by atoms with Crippen molar-refractivity contribution in [3.05, 3.63) is 83.5 Å². The van der Waals surface area contributed by atoms with Crippen molar-refractivity contribution >= 4 is 39.2 Å². The highest BCUT2D eigenvalue weighted by Gasteiger charge is 2.46. The van der Waals surface area contributed by atoms with Crippen molar-refractivity contribution in [2.24, 2.45) is 0 Å². The summed E-state index contributed by atoms with van der Waals surface area (Å²) < 4.78 is 56.6. The normalized spacial score (nSPS) is 19.8. The molecule has 390 valence electrons. The van der Waals surface area contributed by atoms with Crippen molar-refractivity contribution in [1.82, 2.24) is 9.55 Å². The molecular weight excluding hydrogens is 936 g/mol. The number of allylic oxidation sites excluding steroid dienone is 10. The quantitative estimate of drug-likeness (QED) is 0.0103. The third-order valence-electron chi connectivity index (χ3n) is 10.6. The van der Waals surface area contributed by atoms with Crippen molar-refractivity contribution in [2.75, 3.05) is 25.6 Å². The number of carbonyl (C=O) groups is 3. The molecule has 7 atom stereocenters. The predicted octanol–water partition coefficient (Wildman–Crippen LogP) is 8.73. The van der Waals surface area contributed by atoms with Crippen molar-refractivity contribution in [3.63, 3.8) is 0 Å². The Bertz CT molecular complexity index is 1950. The average Bonchev–Trinajstić information content (AvgIpc) is 3.58. The van der Waals surface area contributed by atoms with Crippen molar-refractivity contribution in [2.45, 2.75) is 179 Å². The molecule has 1 aliphatic heterocycles. The second-order valence-corrected chi connectivity index (χ2v) is 19.7. The molecule has 2 rings (SSSR count). The maximum absolute atomic E-state index is 12.8. The van der Waals surface area contributed by atoms with Gasteiger partial charge >= 0.3 is 33.3 Å². The second kappa shape index (κ2) is 36.1. The molecule has 1 fully saturated rings. The van der Waals surface area contributed by atoms with E-state index in [2.05, 4.69) is 59.6 Å². The number of anilines is 1. The molecule has 6 N–H and O–H groups in total. The zero-order valence-electron chi connectivity index (χ0n) is 40.3. The van der Waals surface area contributed by atoms with E-state index in [-0.39, 0.29) is 24.4 Å². The summed E-state index contributed by atoms with van der Waals surface area (Å²) in [5.74, 6) is -1.27. The molecule has 2 unspecified atom stereocenters. The molecule has 0 aromatic carbocycles. The van der Waals surface area contributed by atoms with Crippen LogP contribution in [0.1, 0.15) is 155 Å². The van der Waals surface area contributed by atoms with E-state index in [1.807, 2.05) is 12.2 Å². The number of nitrogens with zero attached hydrogens (tertiary/aromatic N) is 2. The molecular formula is C48H77N3O16P2. The summed E-state index contributed by atoms with van der Waals surface area (Å²) in [4.78, 5) is 73.6. The number of aliphatic hydroxyl groups is 2. The summed E-state index contributed by atoms with van der Waals surface area (Å²) in [5, 5.41) is 20.9. The summed E-state index contributed by atoms with van der Waals surface area (Å²) in [6, 6.07) is 1.24. The highest BCUT2D eigenvalue weighted by Crippen LogP contribution is 2.60. The Hall–Kier alpha value is -3.87. The maximum atomic E-state index is 12.8. The van der Waals surface area contributed by atoms with Crippen LogP contribution in [-0.4, -0.2) is 91.5 Å². The van der Waals surface area contributed by atoms with Crippen LogP contribution in [-0.2, 0) is 51.1 Å². The van der Waals surface area contributed by atoms with Gasteiger partial charge in [0.15, 0.2) is 18.1 Å². The number of phosphoric ester groups is 2. The number of aliphatic hydroxyl groups excluding tert-OH is 2. The fraction of sp³-hybridized carbons (Fsp3) is 0.646. The van der Waals surface area contributed by atoms with Gasteiger partial charge in [-0.1, -0.05) is 120 Å². The number of unbranched alkanes of at least 4 members (excludes halogenated alkanes) is 12. The Labute approximate surface area is 407 Å². The number of esters is 2. The van der Waals surface area contributed by atoms with E-state index >= 15 is 0 Å². The molecule has 0 bridgehead atoms. The van der Waals surface area contributed by atoms with Crippen LogP contribution in [0.4, 0.5) is 5.82 Å². The number of nitrogen functional groups attached to an aromatic ring is 1. The van der Waals surface area contributed by atoms with Gasteiger partial charge in [0.05, 0.1) is 13.2 Å². The average molecular weight is 1010 g/mol. The Morgan fingerprint density at radius 3 is 2.01 bits per heavy atom. The van der Waals surface area contributed by atoms with E-state index in [0.29, 0.717) is 19.3 Å². The minimum atomic E-state index is -5.45. The van der Waals surface area contributed by atoms with Crippen LogP contribution in [0.5, 0.6) is 0 Å². The minimum Gasteiger partial charge on any atom is -0.462 e. The van der Waals surface area contributed by atoms with Gasteiger partial charge in [0.2, 0.25) is 0 Å². The Kier molecular flexibility index (Phi) is 32.1. The van der Waals surface area contributed by atoms with Crippen molar-refractivity contribution < 1.29 is 71.1 Å². The van der Waals surface area contributed by atoms with Gasteiger partial charge in [-0.25, -0.2) is 13.9 Å². The third-order valence-corrected chi connectivity index (χ3v) is 13.2. The second-order valence-electron chi connectivity index (χ2n) is 16.6. The molecule has 0 radical (unpaired) electrons. The Morgan fingerprint density at radius 1 is 0.754 bits per heavy atom. The number of rotatable bonds is 39. The lowest BCUT2D eigenvalue weighted by atomic mass is 10.1. The Balaban J connectivity index is 1.84. The maximum Gasteiger partial charge on any atom is 0.481 e. The van der Waals surface area contributed by atoms with Gasteiger partial charge in [-0.15, -0.1) is 0 Å². The SMILES string of the molecule is CC/C=C\C/C=C\C/C=C\CCCCCCCC(=O)OC[C@H](COP(=O)(O)OP(=O)(O)OC[C@H]1O[C@@H](n2ccc(N)nc2=O)[C@H](O)[C@@H]1O)OC(=O)CCCCCCC/C=C\C=C\C(=O)CCCCC. The summed E-state index contributed by atoms with van der Waals surface area (Å²) >= 11 is 0. The first kappa shape index (κ1) is 61.3. The highest BCUT2D eigenvalue weighted by molar-refractivity contribution is 7.61. The van der Waals surface area contributed by atoms with Gasteiger partial charge in [0, 0.05) is 25.5 Å². The molecule has 21 heteroatoms. The number of aromatic nitrogens is 2.